The summed E-state index contributed by atoms with van der Waals surface area (Å²) in [5, 5.41) is 5.52. The molecule has 1 aliphatic heterocycles. The van der Waals surface area contributed by atoms with Crippen molar-refractivity contribution >= 4 is 16.8 Å². The molecule has 24 heavy (non-hydrogen) atoms. The van der Waals surface area contributed by atoms with Crippen LogP contribution in [0.5, 0.6) is 0 Å². The van der Waals surface area contributed by atoms with Crippen LogP contribution in [0.4, 0.5) is 0 Å². The van der Waals surface area contributed by atoms with Gasteiger partial charge in [-0.2, -0.15) is 5.10 Å². The molecule has 1 amide bonds. The van der Waals surface area contributed by atoms with E-state index in [1.54, 1.807) is 0 Å². The van der Waals surface area contributed by atoms with Crippen molar-refractivity contribution in [1.82, 2.24) is 19.7 Å². The number of aromatic amines is 1. The Morgan fingerprint density at radius 3 is 3.08 bits per heavy atom. The molecule has 0 aliphatic carbocycles. The van der Waals surface area contributed by atoms with E-state index in [-0.39, 0.29) is 11.9 Å². The first-order valence-electron chi connectivity index (χ1n) is 8.58. The number of piperidine rings is 1. The molecule has 2 aromatic heterocycles. The molecule has 5 nitrogen and oxygen atoms in total. The van der Waals surface area contributed by atoms with Crippen molar-refractivity contribution in [3.8, 4) is 0 Å². The zero-order chi connectivity index (χ0) is 16.5. The first kappa shape index (κ1) is 15.0. The van der Waals surface area contributed by atoms with Gasteiger partial charge in [0.25, 0.3) is 5.91 Å². The predicted molar refractivity (Wildman–Crippen MR) is 93.9 cm³/mol. The van der Waals surface area contributed by atoms with Gasteiger partial charge in [-0.3, -0.25) is 9.48 Å². The molecule has 1 aromatic carbocycles. The van der Waals surface area contributed by atoms with Crippen molar-refractivity contribution in [3.05, 3.63) is 54.0 Å². The van der Waals surface area contributed by atoms with E-state index in [2.05, 4.69) is 10.1 Å². The standard InChI is InChI=1S/C19H22N4O/c1-14-11-21-22(12-14)13-17-4-2-3-9-23(17)19(24)16-6-5-15-7-8-20-18(15)10-16/h5-8,10-12,17,20H,2-4,9,13H2,1H3/t17-/m0/s1. The molecule has 0 unspecified atom stereocenters. The van der Waals surface area contributed by atoms with Crippen molar-refractivity contribution < 1.29 is 4.79 Å². The Bertz CT molecular complexity index is 863. The third kappa shape index (κ3) is 2.82. The predicted octanol–water partition coefficient (Wildman–Crippen LogP) is 3.37. The van der Waals surface area contributed by atoms with E-state index in [1.165, 1.54) is 6.42 Å². The second-order valence-corrected chi connectivity index (χ2v) is 6.67. The highest BCUT2D eigenvalue weighted by molar-refractivity contribution is 5.98. The quantitative estimate of drug-likeness (QED) is 0.804. The van der Waals surface area contributed by atoms with Gasteiger partial charge >= 0.3 is 0 Å². The second kappa shape index (κ2) is 6.15. The number of rotatable bonds is 3. The van der Waals surface area contributed by atoms with Gasteiger partial charge in [0.05, 0.1) is 18.8 Å². The van der Waals surface area contributed by atoms with Crippen LogP contribution >= 0.6 is 0 Å². The van der Waals surface area contributed by atoms with E-state index in [0.29, 0.717) is 0 Å². The molecule has 1 aliphatic rings. The van der Waals surface area contributed by atoms with Crippen LogP contribution in [0.2, 0.25) is 0 Å². The zero-order valence-electron chi connectivity index (χ0n) is 13.9. The Balaban J connectivity index is 1.57. The highest BCUT2D eigenvalue weighted by atomic mass is 16.2. The summed E-state index contributed by atoms with van der Waals surface area (Å²) in [7, 11) is 0. The number of benzene rings is 1. The molecule has 0 saturated carbocycles. The molecule has 1 N–H and O–H groups in total. The minimum atomic E-state index is 0.125. The molecule has 124 valence electrons. The number of hydrogen-bond donors (Lipinski definition) is 1. The fourth-order valence-corrected chi connectivity index (χ4v) is 3.59. The molecule has 3 aromatic rings. The number of hydrogen-bond acceptors (Lipinski definition) is 2. The highest BCUT2D eigenvalue weighted by Gasteiger charge is 2.28. The third-order valence-corrected chi connectivity index (χ3v) is 4.85. The lowest BCUT2D eigenvalue weighted by atomic mass is 10.0. The number of nitrogens with zero attached hydrogens (tertiary/aromatic N) is 3. The van der Waals surface area contributed by atoms with Gasteiger partial charge in [0, 0.05) is 30.0 Å². The van der Waals surface area contributed by atoms with Crippen molar-refractivity contribution in [1.29, 1.82) is 0 Å². The molecular weight excluding hydrogens is 300 g/mol. The summed E-state index contributed by atoms with van der Waals surface area (Å²) in [4.78, 5) is 18.3. The van der Waals surface area contributed by atoms with Gasteiger partial charge in [-0.05, 0) is 55.3 Å². The lowest BCUT2D eigenvalue weighted by Crippen LogP contribution is -2.45. The van der Waals surface area contributed by atoms with Gasteiger partial charge in [0.1, 0.15) is 0 Å². The summed E-state index contributed by atoms with van der Waals surface area (Å²) in [6.45, 7) is 3.63. The summed E-state index contributed by atoms with van der Waals surface area (Å²) in [6.07, 6.45) is 9.10. The molecular formula is C19H22N4O. The number of aryl methyl sites for hydroxylation is 1. The minimum Gasteiger partial charge on any atom is -0.361 e. The van der Waals surface area contributed by atoms with Gasteiger partial charge in [0.2, 0.25) is 0 Å². The Morgan fingerprint density at radius 2 is 2.25 bits per heavy atom. The maximum Gasteiger partial charge on any atom is 0.254 e. The summed E-state index contributed by atoms with van der Waals surface area (Å²) >= 11 is 0. The van der Waals surface area contributed by atoms with Crippen molar-refractivity contribution in [2.45, 2.75) is 38.8 Å². The van der Waals surface area contributed by atoms with Crippen molar-refractivity contribution in [2.24, 2.45) is 0 Å². The van der Waals surface area contributed by atoms with Crippen LogP contribution in [0.15, 0.2) is 42.9 Å². The van der Waals surface area contributed by atoms with E-state index in [4.69, 9.17) is 0 Å². The third-order valence-electron chi connectivity index (χ3n) is 4.85. The van der Waals surface area contributed by atoms with Crippen LogP contribution in [-0.4, -0.2) is 38.2 Å². The van der Waals surface area contributed by atoms with Crippen LogP contribution in [0.3, 0.4) is 0 Å². The molecule has 3 heterocycles. The normalized spacial score (nSPS) is 18.2. The number of nitrogens with one attached hydrogen (secondary N) is 1. The molecule has 1 saturated heterocycles. The SMILES string of the molecule is Cc1cnn(C[C@@H]2CCCCN2C(=O)c2ccc3cc[nH]c3c2)c1. The minimum absolute atomic E-state index is 0.125. The topological polar surface area (TPSA) is 53.9 Å². The molecule has 1 atom stereocenters. The maximum atomic E-state index is 13.1. The highest BCUT2D eigenvalue weighted by Crippen LogP contribution is 2.23. The number of likely N-dealkylation sites (tertiary alicyclic amines) is 1. The average molecular weight is 322 g/mol. The van der Waals surface area contributed by atoms with E-state index in [9.17, 15) is 4.79 Å². The Kier molecular flexibility index (Phi) is 3.84. The molecule has 0 bridgehead atoms. The number of aromatic nitrogens is 3. The molecule has 5 heteroatoms. The van der Waals surface area contributed by atoms with E-state index >= 15 is 0 Å². The lowest BCUT2D eigenvalue weighted by Gasteiger charge is -2.35. The largest absolute Gasteiger partial charge is 0.361 e. The van der Waals surface area contributed by atoms with Crippen LogP contribution in [0.1, 0.15) is 35.2 Å². The lowest BCUT2D eigenvalue weighted by molar-refractivity contribution is 0.0584. The van der Waals surface area contributed by atoms with Crippen LogP contribution in [0.25, 0.3) is 10.9 Å². The number of H-pyrrole nitrogens is 1. The summed E-state index contributed by atoms with van der Waals surface area (Å²) in [5.41, 5.74) is 2.92. The second-order valence-electron chi connectivity index (χ2n) is 6.67. The van der Waals surface area contributed by atoms with Gasteiger partial charge in [-0.25, -0.2) is 0 Å². The van der Waals surface area contributed by atoms with E-state index < -0.39 is 0 Å². The van der Waals surface area contributed by atoms with Gasteiger partial charge in [-0.1, -0.05) is 6.07 Å². The fraction of sp³-hybridized carbons (Fsp3) is 0.368. The average Bonchev–Trinajstić information content (AvgIpc) is 3.22. The Morgan fingerprint density at radius 1 is 1.33 bits per heavy atom. The molecule has 0 radical (unpaired) electrons. The number of carbonyl (C=O) groups excluding carboxylic acids is 1. The van der Waals surface area contributed by atoms with Gasteiger partial charge < -0.3 is 9.88 Å². The summed E-state index contributed by atoms with van der Waals surface area (Å²) < 4.78 is 1.96. The number of amides is 1. The van der Waals surface area contributed by atoms with Crippen LogP contribution in [0, 0.1) is 6.92 Å². The molecule has 0 spiro atoms. The van der Waals surface area contributed by atoms with Crippen molar-refractivity contribution in [3.63, 3.8) is 0 Å². The molecule has 4 rings (SSSR count). The van der Waals surface area contributed by atoms with Crippen LogP contribution < -0.4 is 0 Å². The summed E-state index contributed by atoms with van der Waals surface area (Å²) in [5.74, 6) is 0.125. The van der Waals surface area contributed by atoms with Crippen molar-refractivity contribution in [2.75, 3.05) is 6.54 Å². The van der Waals surface area contributed by atoms with Gasteiger partial charge in [0.15, 0.2) is 0 Å². The first-order chi connectivity index (χ1) is 11.7. The fourth-order valence-electron chi connectivity index (χ4n) is 3.59. The van der Waals surface area contributed by atoms with E-state index in [0.717, 1.165) is 48.0 Å². The Hall–Kier alpha value is -2.56. The summed E-state index contributed by atoms with van der Waals surface area (Å²) in [6, 6.07) is 8.14. The Labute approximate surface area is 141 Å². The maximum absolute atomic E-state index is 13.1. The number of carbonyl (C=O) groups is 1. The first-order valence-corrected chi connectivity index (χ1v) is 8.58. The zero-order valence-corrected chi connectivity index (χ0v) is 13.9. The number of fused-ring (bicyclic) bond motifs is 1. The van der Waals surface area contributed by atoms with E-state index in [1.807, 2.05) is 59.4 Å². The molecule has 1 fully saturated rings. The monoisotopic (exact) mass is 322 g/mol. The smallest absolute Gasteiger partial charge is 0.254 e. The van der Waals surface area contributed by atoms with Gasteiger partial charge in [-0.15, -0.1) is 0 Å². The van der Waals surface area contributed by atoms with Crippen LogP contribution in [-0.2, 0) is 6.54 Å².